The molecule has 4 nitrogen and oxygen atoms in total. The first-order chi connectivity index (χ1) is 24.3. The first-order valence-electron chi connectivity index (χ1n) is 16.2. The van der Waals surface area contributed by atoms with Crippen LogP contribution in [-0.4, -0.2) is 19.9 Å². The van der Waals surface area contributed by atoms with E-state index in [-0.39, 0.29) is 0 Å². The molecule has 0 spiro atoms. The van der Waals surface area contributed by atoms with Gasteiger partial charge >= 0.3 is 0 Å². The maximum Gasteiger partial charge on any atom is 0.164 e. The molecule has 9 rings (SSSR count). The van der Waals surface area contributed by atoms with Crippen molar-refractivity contribution in [2.45, 2.75) is 0 Å². The molecule has 0 saturated carbocycles. The Bertz CT molecular complexity index is 2510. The van der Waals surface area contributed by atoms with Crippen molar-refractivity contribution in [3.05, 3.63) is 170 Å². The number of aromatic nitrogens is 4. The van der Waals surface area contributed by atoms with Gasteiger partial charge in [0.1, 0.15) is 0 Å². The molecule has 0 atom stereocenters. The highest BCUT2D eigenvalue weighted by Crippen LogP contribution is 2.50. The van der Waals surface area contributed by atoms with Crippen LogP contribution in [0, 0.1) is 0 Å². The van der Waals surface area contributed by atoms with E-state index in [4.69, 9.17) is 19.9 Å². The SMILES string of the molecule is c1ccc(-c2nc(-c3ccccc3)nc(-c3ccc(-c4c(-c5ccccc5)sc5c4c(-c4ccccc4)nc4ccccc45)cc3)n2)cc1. The molecule has 230 valence electrons. The van der Waals surface area contributed by atoms with E-state index in [1.54, 1.807) is 0 Å². The molecule has 0 unspecified atom stereocenters. The summed E-state index contributed by atoms with van der Waals surface area (Å²) in [5.41, 5.74) is 9.39. The van der Waals surface area contributed by atoms with Gasteiger partial charge in [0, 0.05) is 48.2 Å². The summed E-state index contributed by atoms with van der Waals surface area (Å²) in [7, 11) is 0. The third-order valence-corrected chi connectivity index (χ3v) is 10.0. The molecule has 3 aromatic heterocycles. The van der Waals surface area contributed by atoms with E-state index < -0.39 is 0 Å². The topological polar surface area (TPSA) is 51.6 Å². The third-order valence-electron chi connectivity index (χ3n) is 8.74. The van der Waals surface area contributed by atoms with E-state index in [2.05, 4.69) is 109 Å². The summed E-state index contributed by atoms with van der Waals surface area (Å²) >= 11 is 1.84. The van der Waals surface area contributed by atoms with Crippen LogP contribution in [0.4, 0.5) is 0 Å². The van der Waals surface area contributed by atoms with E-state index in [0.29, 0.717) is 17.5 Å². The summed E-state index contributed by atoms with van der Waals surface area (Å²) in [4.78, 5) is 21.3. The van der Waals surface area contributed by atoms with Gasteiger partial charge in [0.15, 0.2) is 17.5 Å². The Morgan fingerprint density at radius 3 is 1.33 bits per heavy atom. The molecule has 9 aromatic rings. The lowest BCUT2D eigenvalue weighted by Crippen LogP contribution is -2.00. The van der Waals surface area contributed by atoms with Crippen LogP contribution in [0.2, 0.25) is 0 Å². The number of rotatable bonds is 6. The number of benzene rings is 6. The van der Waals surface area contributed by atoms with Gasteiger partial charge in [-0.1, -0.05) is 164 Å². The molecule has 0 aliphatic carbocycles. The first kappa shape index (κ1) is 28.9. The van der Waals surface area contributed by atoms with E-state index in [0.717, 1.165) is 44.4 Å². The molecule has 49 heavy (non-hydrogen) atoms. The Morgan fingerprint density at radius 2 is 0.776 bits per heavy atom. The number of pyridine rings is 1. The van der Waals surface area contributed by atoms with Gasteiger partial charge in [-0.15, -0.1) is 11.3 Å². The minimum atomic E-state index is 0.635. The smallest absolute Gasteiger partial charge is 0.164 e. The Balaban J connectivity index is 1.26. The summed E-state index contributed by atoms with van der Waals surface area (Å²) in [5, 5.41) is 2.33. The van der Waals surface area contributed by atoms with E-state index in [1.807, 2.05) is 72.0 Å². The molecule has 3 heterocycles. The molecule has 6 aromatic carbocycles. The van der Waals surface area contributed by atoms with Gasteiger partial charge in [-0.2, -0.15) is 0 Å². The number of fused-ring (bicyclic) bond motifs is 3. The molecule has 0 radical (unpaired) electrons. The molecule has 0 N–H and O–H groups in total. The summed E-state index contributed by atoms with van der Waals surface area (Å²) in [6.07, 6.45) is 0. The minimum absolute atomic E-state index is 0.635. The summed E-state index contributed by atoms with van der Waals surface area (Å²) < 4.78 is 1.24. The fourth-order valence-electron chi connectivity index (χ4n) is 6.38. The lowest BCUT2D eigenvalue weighted by molar-refractivity contribution is 1.07. The minimum Gasteiger partial charge on any atom is -0.247 e. The van der Waals surface area contributed by atoms with Gasteiger partial charge in [0.2, 0.25) is 0 Å². The zero-order valence-corrected chi connectivity index (χ0v) is 27.2. The Hall–Kier alpha value is -6.30. The molecule has 0 aliphatic rings. The van der Waals surface area contributed by atoms with Gasteiger partial charge in [-0.25, -0.2) is 19.9 Å². The van der Waals surface area contributed by atoms with Crippen molar-refractivity contribution in [3.8, 4) is 67.0 Å². The number of para-hydroxylation sites is 1. The highest BCUT2D eigenvalue weighted by Gasteiger charge is 2.23. The van der Waals surface area contributed by atoms with Crippen LogP contribution in [-0.2, 0) is 0 Å². The van der Waals surface area contributed by atoms with Crippen molar-refractivity contribution in [3.63, 3.8) is 0 Å². The third kappa shape index (κ3) is 5.36. The molecule has 0 amide bonds. The van der Waals surface area contributed by atoms with E-state index in [1.165, 1.54) is 26.1 Å². The van der Waals surface area contributed by atoms with E-state index >= 15 is 0 Å². The molecular weight excluding hydrogens is 617 g/mol. The van der Waals surface area contributed by atoms with Gasteiger partial charge in [-0.3, -0.25) is 0 Å². The Morgan fingerprint density at radius 1 is 0.347 bits per heavy atom. The number of nitrogens with zero attached hydrogens (tertiary/aromatic N) is 4. The number of hydrogen-bond donors (Lipinski definition) is 0. The largest absolute Gasteiger partial charge is 0.247 e. The lowest BCUT2D eigenvalue weighted by Gasteiger charge is -2.12. The summed E-state index contributed by atoms with van der Waals surface area (Å²) in [5.74, 6) is 1.93. The van der Waals surface area contributed by atoms with Crippen LogP contribution in [0.15, 0.2) is 170 Å². The highest BCUT2D eigenvalue weighted by atomic mass is 32.1. The summed E-state index contributed by atoms with van der Waals surface area (Å²) in [6.45, 7) is 0. The average Bonchev–Trinajstić information content (AvgIpc) is 3.60. The second kappa shape index (κ2) is 12.4. The van der Waals surface area contributed by atoms with Gasteiger partial charge in [-0.05, 0) is 17.2 Å². The zero-order valence-electron chi connectivity index (χ0n) is 26.4. The highest BCUT2D eigenvalue weighted by molar-refractivity contribution is 7.24. The monoisotopic (exact) mass is 644 g/mol. The standard InChI is InChI=1S/C44H28N4S/c1-5-15-30(16-6-1)39-38-37(40(31-17-7-2-8-18-31)49-41(38)35-23-13-14-24-36(35)45-39)29-25-27-34(28-26-29)44-47-42(32-19-9-3-10-20-32)46-43(48-44)33-21-11-4-12-22-33/h1-28H. The second-order valence-electron chi connectivity index (χ2n) is 11.8. The van der Waals surface area contributed by atoms with Crippen molar-refractivity contribution in [2.75, 3.05) is 0 Å². The van der Waals surface area contributed by atoms with Crippen LogP contribution in [0.3, 0.4) is 0 Å². The van der Waals surface area contributed by atoms with Crippen molar-refractivity contribution >= 4 is 32.3 Å². The molecular formula is C44H28N4S. The van der Waals surface area contributed by atoms with Crippen LogP contribution < -0.4 is 0 Å². The maximum atomic E-state index is 5.29. The molecule has 0 bridgehead atoms. The summed E-state index contributed by atoms with van der Waals surface area (Å²) in [6, 6.07) is 58.5. The Kier molecular flexibility index (Phi) is 7.30. The van der Waals surface area contributed by atoms with Gasteiger partial charge < -0.3 is 0 Å². The predicted octanol–water partition coefficient (Wildman–Crippen LogP) is 11.6. The quantitative estimate of drug-likeness (QED) is 0.181. The van der Waals surface area contributed by atoms with Gasteiger partial charge in [0.25, 0.3) is 0 Å². The zero-order chi connectivity index (χ0) is 32.6. The molecule has 0 fully saturated rings. The van der Waals surface area contributed by atoms with Crippen molar-refractivity contribution in [2.24, 2.45) is 0 Å². The van der Waals surface area contributed by atoms with Crippen LogP contribution in [0.5, 0.6) is 0 Å². The van der Waals surface area contributed by atoms with Crippen molar-refractivity contribution in [1.29, 1.82) is 0 Å². The Labute approximate surface area is 288 Å². The van der Waals surface area contributed by atoms with Crippen molar-refractivity contribution in [1.82, 2.24) is 19.9 Å². The molecule has 5 heteroatoms. The lowest BCUT2D eigenvalue weighted by atomic mass is 9.94. The average molecular weight is 645 g/mol. The van der Waals surface area contributed by atoms with Gasteiger partial charge in [0.05, 0.1) is 11.2 Å². The fraction of sp³-hybridized carbons (Fsp3) is 0. The van der Waals surface area contributed by atoms with E-state index in [9.17, 15) is 0 Å². The van der Waals surface area contributed by atoms with Crippen LogP contribution >= 0.6 is 11.3 Å². The fourth-order valence-corrected chi connectivity index (χ4v) is 7.75. The van der Waals surface area contributed by atoms with Crippen molar-refractivity contribution < 1.29 is 0 Å². The first-order valence-corrected chi connectivity index (χ1v) is 17.1. The predicted molar refractivity (Wildman–Crippen MR) is 203 cm³/mol. The maximum absolute atomic E-state index is 5.29. The van der Waals surface area contributed by atoms with Crippen LogP contribution in [0.25, 0.3) is 88.0 Å². The number of hydrogen-bond acceptors (Lipinski definition) is 5. The molecule has 0 saturated heterocycles. The number of thiophene rings is 1. The molecule has 0 aliphatic heterocycles. The van der Waals surface area contributed by atoms with Crippen LogP contribution in [0.1, 0.15) is 0 Å². The normalized spacial score (nSPS) is 11.3. The second-order valence-corrected chi connectivity index (χ2v) is 12.9.